The van der Waals surface area contributed by atoms with Crippen molar-refractivity contribution in [2.75, 3.05) is 41.4 Å². The minimum Gasteiger partial charge on any atom is -0.493 e. The van der Waals surface area contributed by atoms with Gasteiger partial charge in [0.05, 0.1) is 14.2 Å². The quantitative estimate of drug-likeness (QED) is 0.320. The molecule has 0 aliphatic heterocycles. The van der Waals surface area contributed by atoms with Crippen molar-refractivity contribution >= 4 is 29.9 Å². The Morgan fingerprint density at radius 3 is 2.55 bits per heavy atom. The highest BCUT2D eigenvalue weighted by Crippen LogP contribution is 2.27. The number of likely N-dealkylation sites (N-methyl/N-ethyl adjacent to an activating group) is 1. The predicted molar refractivity (Wildman–Crippen MR) is 103 cm³/mol. The lowest BCUT2D eigenvalue weighted by Gasteiger charge is -2.21. The van der Waals surface area contributed by atoms with Gasteiger partial charge in [0.15, 0.2) is 17.5 Å². The van der Waals surface area contributed by atoms with Crippen LogP contribution in [0.25, 0.3) is 0 Å². The van der Waals surface area contributed by atoms with E-state index in [-0.39, 0.29) is 24.0 Å². The third kappa shape index (κ3) is 6.13. The van der Waals surface area contributed by atoms with Gasteiger partial charge in [0.2, 0.25) is 0 Å². The molecular formula is C16H26IN3O2. The number of aliphatic imine (C=N–C) groups is 1. The van der Waals surface area contributed by atoms with Gasteiger partial charge in [-0.15, -0.1) is 30.6 Å². The second-order valence-corrected chi connectivity index (χ2v) is 4.58. The SMILES string of the molecule is C=CCNC(=NC)N(C)CCc1ccc(OC)c(OC)c1.I. The topological polar surface area (TPSA) is 46.1 Å². The maximum Gasteiger partial charge on any atom is 0.193 e. The Morgan fingerprint density at radius 2 is 2.00 bits per heavy atom. The monoisotopic (exact) mass is 419 g/mol. The van der Waals surface area contributed by atoms with Crippen molar-refractivity contribution in [3.8, 4) is 11.5 Å². The van der Waals surface area contributed by atoms with Crippen LogP contribution in [-0.4, -0.2) is 52.3 Å². The first-order valence-corrected chi connectivity index (χ1v) is 6.89. The van der Waals surface area contributed by atoms with E-state index in [1.807, 2.05) is 25.3 Å². The number of halogens is 1. The molecule has 0 aromatic heterocycles. The zero-order valence-corrected chi connectivity index (χ0v) is 16.1. The van der Waals surface area contributed by atoms with Crippen LogP contribution < -0.4 is 14.8 Å². The van der Waals surface area contributed by atoms with Gasteiger partial charge in [0, 0.05) is 27.2 Å². The normalized spacial score (nSPS) is 10.5. The van der Waals surface area contributed by atoms with Crippen LogP contribution in [0.1, 0.15) is 5.56 Å². The van der Waals surface area contributed by atoms with Gasteiger partial charge in [-0.25, -0.2) is 0 Å². The number of ether oxygens (including phenoxy) is 2. The van der Waals surface area contributed by atoms with Crippen molar-refractivity contribution in [3.63, 3.8) is 0 Å². The zero-order chi connectivity index (χ0) is 15.7. The fraction of sp³-hybridized carbons (Fsp3) is 0.438. The van der Waals surface area contributed by atoms with E-state index in [9.17, 15) is 0 Å². The van der Waals surface area contributed by atoms with E-state index in [0.29, 0.717) is 6.54 Å². The van der Waals surface area contributed by atoms with Gasteiger partial charge in [0.25, 0.3) is 0 Å². The summed E-state index contributed by atoms with van der Waals surface area (Å²) in [6.07, 6.45) is 2.71. The lowest BCUT2D eigenvalue weighted by molar-refractivity contribution is 0.354. The number of rotatable bonds is 7. The standard InChI is InChI=1S/C16H25N3O2.HI/c1-6-10-18-16(17-2)19(3)11-9-13-7-8-14(20-4)15(12-13)21-5;/h6-8,12H,1,9-11H2,2-5H3,(H,17,18);1H. The minimum atomic E-state index is 0. The Labute approximate surface area is 150 Å². The molecule has 0 aliphatic carbocycles. The molecule has 0 amide bonds. The van der Waals surface area contributed by atoms with Crippen LogP contribution in [0.2, 0.25) is 0 Å². The van der Waals surface area contributed by atoms with Gasteiger partial charge in [0.1, 0.15) is 0 Å². The Kier molecular flexibility index (Phi) is 10.4. The van der Waals surface area contributed by atoms with Gasteiger partial charge in [-0.1, -0.05) is 12.1 Å². The van der Waals surface area contributed by atoms with E-state index < -0.39 is 0 Å². The summed E-state index contributed by atoms with van der Waals surface area (Å²) in [4.78, 5) is 6.32. The van der Waals surface area contributed by atoms with E-state index in [1.165, 1.54) is 5.56 Å². The first kappa shape index (κ1) is 20.6. The number of benzene rings is 1. The van der Waals surface area contributed by atoms with Crippen molar-refractivity contribution in [3.05, 3.63) is 36.4 Å². The van der Waals surface area contributed by atoms with Crippen LogP contribution in [0.3, 0.4) is 0 Å². The summed E-state index contributed by atoms with van der Waals surface area (Å²) >= 11 is 0. The third-order valence-corrected chi connectivity index (χ3v) is 3.16. The molecular weight excluding hydrogens is 393 g/mol. The first-order chi connectivity index (χ1) is 10.2. The molecule has 124 valence electrons. The highest BCUT2D eigenvalue weighted by molar-refractivity contribution is 14.0. The summed E-state index contributed by atoms with van der Waals surface area (Å²) in [5, 5.41) is 3.21. The molecule has 0 spiro atoms. The number of methoxy groups -OCH3 is 2. The first-order valence-electron chi connectivity index (χ1n) is 6.89. The zero-order valence-electron chi connectivity index (χ0n) is 13.8. The maximum atomic E-state index is 5.32. The highest BCUT2D eigenvalue weighted by atomic mass is 127. The van der Waals surface area contributed by atoms with Crippen LogP contribution in [0.4, 0.5) is 0 Å². The molecule has 0 aliphatic rings. The summed E-state index contributed by atoms with van der Waals surface area (Å²) in [6.45, 7) is 5.25. The molecule has 6 heteroatoms. The average Bonchev–Trinajstić information content (AvgIpc) is 2.53. The maximum absolute atomic E-state index is 5.32. The number of guanidine groups is 1. The van der Waals surface area contributed by atoms with Gasteiger partial charge < -0.3 is 19.7 Å². The largest absolute Gasteiger partial charge is 0.493 e. The highest BCUT2D eigenvalue weighted by Gasteiger charge is 2.07. The smallest absolute Gasteiger partial charge is 0.193 e. The van der Waals surface area contributed by atoms with Crippen molar-refractivity contribution < 1.29 is 9.47 Å². The molecule has 1 N–H and O–H groups in total. The van der Waals surface area contributed by atoms with E-state index in [0.717, 1.165) is 30.4 Å². The molecule has 0 saturated heterocycles. The summed E-state index contributed by atoms with van der Waals surface area (Å²) < 4.78 is 10.6. The Bertz CT molecular complexity index is 492. The molecule has 22 heavy (non-hydrogen) atoms. The lowest BCUT2D eigenvalue weighted by atomic mass is 10.1. The van der Waals surface area contributed by atoms with Crippen LogP contribution >= 0.6 is 24.0 Å². The number of nitrogens with one attached hydrogen (secondary N) is 1. The number of hydrogen-bond acceptors (Lipinski definition) is 3. The van der Waals surface area contributed by atoms with Crippen LogP contribution in [0.15, 0.2) is 35.8 Å². The second-order valence-electron chi connectivity index (χ2n) is 4.58. The molecule has 0 radical (unpaired) electrons. The molecule has 1 rings (SSSR count). The second kappa shape index (κ2) is 11.2. The minimum absolute atomic E-state index is 0. The van der Waals surface area contributed by atoms with Crippen LogP contribution in [0, 0.1) is 0 Å². The molecule has 0 bridgehead atoms. The fourth-order valence-corrected chi connectivity index (χ4v) is 1.99. The molecule has 1 aromatic carbocycles. The van der Waals surface area contributed by atoms with Gasteiger partial charge in [-0.2, -0.15) is 0 Å². The molecule has 0 unspecified atom stereocenters. The molecule has 0 saturated carbocycles. The van der Waals surface area contributed by atoms with Crippen LogP contribution in [-0.2, 0) is 6.42 Å². The number of nitrogens with zero attached hydrogens (tertiary/aromatic N) is 2. The fourth-order valence-electron chi connectivity index (χ4n) is 1.99. The van der Waals surface area contributed by atoms with Gasteiger partial charge >= 0.3 is 0 Å². The number of hydrogen-bond donors (Lipinski definition) is 1. The molecule has 1 aromatic rings. The third-order valence-electron chi connectivity index (χ3n) is 3.16. The summed E-state index contributed by atoms with van der Waals surface area (Å²) in [5.74, 6) is 2.36. The molecule has 5 nitrogen and oxygen atoms in total. The lowest BCUT2D eigenvalue weighted by Crippen LogP contribution is -2.39. The Morgan fingerprint density at radius 1 is 1.32 bits per heavy atom. The average molecular weight is 419 g/mol. The van der Waals surface area contributed by atoms with E-state index in [1.54, 1.807) is 21.3 Å². The van der Waals surface area contributed by atoms with Crippen LogP contribution in [0.5, 0.6) is 11.5 Å². The summed E-state index contributed by atoms with van der Waals surface area (Å²) in [6, 6.07) is 5.99. The van der Waals surface area contributed by atoms with E-state index in [2.05, 4.69) is 27.9 Å². The summed E-state index contributed by atoms with van der Waals surface area (Å²) in [5.41, 5.74) is 1.19. The van der Waals surface area contributed by atoms with Crippen molar-refractivity contribution in [2.24, 2.45) is 4.99 Å². The molecule has 0 atom stereocenters. The van der Waals surface area contributed by atoms with Crippen molar-refractivity contribution in [1.82, 2.24) is 10.2 Å². The summed E-state index contributed by atoms with van der Waals surface area (Å²) in [7, 11) is 7.08. The molecule has 0 heterocycles. The van der Waals surface area contributed by atoms with Gasteiger partial charge in [-0.05, 0) is 24.1 Å². The Balaban J connectivity index is 0.00000441. The van der Waals surface area contributed by atoms with E-state index >= 15 is 0 Å². The van der Waals surface area contributed by atoms with E-state index in [4.69, 9.17) is 9.47 Å². The molecule has 0 fully saturated rings. The Hall–Kier alpha value is -1.44. The predicted octanol–water partition coefficient (Wildman–Crippen LogP) is 2.56. The van der Waals surface area contributed by atoms with Crippen molar-refractivity contribution in [1.29, 1.82) is 0 Å². The van der Waals surface area contributed by atoms with Crippen molar-refractivity contribution in [2.45, 2.75) is 6.42 Å². The van der Waals surface area contributed by atoms with Gasteiger partial charge in [-0.3, -0.25) is 4.99 Å².